The topological polar surface area (TPSA) is 95.6 Å². The fourth-order valence-corrected chi connectivity index (χ4v) is 4.28. The van der Waals surface area contributed by atoms with Crippen molar-refractivity contribution in [1.82, 2.24) is 15.0 Å². The Labute approximate surface area is 196 Å². The largest absolute Gasteiger partial charge is 0.493 e. The van der Waals surface area contributed by atoms with Gasteiger partial charge in [-0.15, -0.1) is 0 Å². The summed E-state index contributed by atoms with van der Waals surface area (Å²) in [4.78, 5) is 11.5. The maximum atomic E-state index is 13.1. The fourth-order valence-electron chi connectivity index (χ4n) is 3.26. The molecule has 8 nitrogen and oxygen atoms in total. The van der Waals surface area contributed by atoms with E-state index in [1.165, 1.54) is 32.5 Å². The van der Waals surface area contributed by atoms with E-state index in [-0.39, 0.29) is 29.0 Å². The Morgan fingerprint density at radius 1 is 1.03 bits per heavy atom. The summed E-state index contributed by atoms with van der Waals surface area (Å²) < 4.78 is 59.5. The highest BCUT2D eigenvalue weighted by Crippen LogP contribution is 2.34. The number of aromatic nitrogens is 3. The molecule has 0 aliphatic carbocycles. The van der Waals surface area contributed by atoms with Crippen LogP contribution in [0.1, 0.15) is 11.3 Å². The van der Waals surface area contributed by atoms with Crippen LogP contribution in [0.25, 0.3) is 11.0 Å². The molecule has 34 heavy (non-hydrogen) atoms. The van der Waals surface area contributed by atoms with E-state index in [0.717, 1.165) is 5.56 Å². The van der Waals surface area contributed by atoms with Gasteiger partial charge < -0.3 is 23.9 Å². The number of benzene rings is 2. The maximum Gasteiger partial charge on any atom is 0.387 e. The van der Waals surface area contributed by atoms with E-state index in [2.05, 4.69) is 19.7 Å². The predicted molar refractivity (Wildman–Crippen MR) is 121 cm³/mol. The number of aromatic amines is 1. The van der Waals surface area contributed by atoms with E-state index in [0.29, 0.717) is 28.2 Å². The number of imidazole rings is 1. The lowest BCUT2D eigenvalue weighted by Crippen LogP contribution is -2.06. The molecule has 1 N–H and O–H groups in total. The van der Waals surface area contributed by atoms with E-state index in [9.17, 15) is 13.0 Å². The SMILES string of the molecule is COc1cc2nc(S(=O)Cc3nccc(OC)c3OCc3ccccc3)[nH]c2cc1OC(F)F. The van der Waals surface area contributed by atoms with Crippen molar-refractivity contribution in [2.75, 3.05) is 14.2 Å². The quantitative estimate of drug-likeness (QED) is 0.351. The van der Waals surface area contributed by atoms with Crippen LogP contribution in [0.15, 0.2) is 59.9 Å². The average molecular weight is 490 g/mol. The molecule has 0 aliphatic heterocycles. The number of hydrogen-bond acceptors (Lipinski definition) is 7. The normalized spacial score (nSPS) is 12.0. The van der Waals surface area contributed by atoms with E-state index >= 15 is 0 Å². The Kier molecular flexibility index (Phi) is 7.21. The second-order valence-corrected chi connectivity index (χ2v) is 8.36. The number of alkyl halides is 2. The van der Waals surface area contributed by atoms with Gasteiger partial charge in [-0.2, -0.15) is 8.78 Å². The maximum absolute atomic E-state index is 13.1. The lowest BCUT2D eigenvalue weighted by atomic mass is 10.2. The lowest BCUT2D eigenvalue weighted by molar-refractivity contribution is -0.0511. The van der Waals surface area contributed by atoms with Gasteiger partial charge in [-0.05, 0) is 5.56 Å². The van der Waals surface area contributed by atoms with Gasteiger partial charge in [0.05, 0.1) is 47.5 Å². The molecule has 0 aliphatic rings. The van der Waals surface area contributed by atoms with E-state index in [1.54, 1.807) is 6.07 Å². The van der Waals surface area contributed by atoms with E-state index in [1.807, 2.05) is 30.3 Å². The minimum atomic E-state index is -3.02. The molecule has 0 saturated carbocycles. The molecule has 0 saturated heterocycles. The first-order valence-corrected chi connectivity index (χ1v) is 11.4. The number of fused-ring (bicyclic) bond motifs is 1. The van der Waals surface area contributed by atoms with Crippen molar-refractivity contribution < 1.29 is 31.9 Å². The Morgan fingerprint density at radius 3 is 2.50 bits per heavy atom. The Hall–Kier alpha value is -3.73. The van der Waals surface area contributed by atoms with Crippen LogP contribution in [0.3, 0.4) is 0 Å². The van der Waals surface area contributed by atoms with Crippen molar-refractivity contribution in [3.05, 3.63) is 66.0 Å². The highest BCUT2D eigenvalue weighted by molar-refractivity contribution is 7.84. The monoisotopic (exact) mass is 489 g/mol. The lowest BCUT2D eigenvalue weighted by Gasteiger charge is -2.14. The van der Waals surface area contributed by atoms with Crippen molar-refractivity contribution in [2.45, 2.75) is 24.1 Å². The second kappa shape index (κ2) is 10.5. The third kappa shape index (κ3) is 5.25. The smallest absolute Gasteiger partial charge is 0.387 e. The van der Waals surface area contributed by atoms with Crippen molar-refractivity contribution >= 4 is 21.8 Å². The Bertz CT molecular complexity index is 1300. The molecule has 178 valence electrons. The minimum Gasteiger partial charge on any atom is -0.493 e. The van der Waals surface area contributed by atoms with Crippen molar-refractivity contribution in [2.24, 2.45) is 0 Å². The van der Waals surface area contributed by atoms with Crippen LogP contribution in [0.5, 0.6) is 23.0 Å². The molecule has 4 aromatic rings. The van der Waals surface area contributed by atoms with Crippen molar-refractivity contribution in [1.29, 1.82) is 0 Å². The number of nitrogens with zero attached hydrogens (tertiary/aromatic N) is 2. The van der Waals surface area contributed by atoms with Gasteiger partial charge in [0.25, 0.3) is 0 Å². The molecule has 0 amide bonds. The van der Waals surface area contributed by atoms with Crippen molar-refractivity contribution in [3.8, 4) is 23.0 Å². The van der Waals surface area contributed by atoms with Gasteiger partial charge >= 0.3 is 6.61 Å². The molecule has 0 spiro atoms. The summed E-state index contributed by atoms with van der Waals surface area (Å²) in [6.07, 6.45) is 1.54. The van der Waals surface area contributed by atoms with Gasteiger partial charge in [-0.3, -0.25) is 9.19 Å². The number of nitrogens with one attached hydrogen (secondary N) is 1. The highest BCUT2D eigenvalue weighted by atomic mass is 32.2. The number of hydrogen-bond donors (Lipinski definition) is 1. The third-order valence-electron chi connectivity index (χ3n) is 4.83. The summed E-state index contributed by atoms with van der Waals surface area (Å²) in [6, 6.07) is 14.0. The molecular weight excluding hydrogens is 468 g/mol. The number of H-pyrrole nitrogens is 1. The zero-order valence-corrected chi connectivity index (χ0v) is 19.1. The molecular formula is C23H21F2N3O5S. The summed E-state index contributed by atoms with van der Waals surface area (Å²) in [5.74, 6) is 0.756. The summed E-state index contributed by atoms with van der Waals surface area (Å²) in [6.45, 7) is -2.74. The van der Waals surface area contributed by atoms with Crippen LogP contribution < -0.4 is 18.9 Å². The number of ether oxygens (including phenoxy) is 4. The van der Waals surface area contributed by atoms with Crippen LogP contribution in [0.2, 0.25) is 0 Å². The average Bonchev–Trinajstić information content (AvgIpc) is 3.26. The van der Waals surface area contributed by atoms with Gasteiger partial charge in [0.2, 0.25) is 0 Å². The van der Waals surface area contributed by atoms with Crippen LogP contribution in [0, 0.1) is 0 Å². The Morgan fingerprint density at radius 2 is 1.79 bits per heavy atom. The van der Waals surface area contributed by atoms with E-state index < -0.39 is 17.4 Å². The summed E-state index contributed by atoms with van der Waals surface area (Å²) >= 11 is 0. The van der Waals surface area contributed by atoms with Crippen LogP contribution in [-0.2, 0) is 23.2 Å². The zero-order chi connectivity index (χ0) is 24.1. The molecule has 1 atom stereocenters. The van der Waals surface area contributed by atoms with Gasteiger partial charge in [-0.1, -0.05) is 30.3 Å². The first-order chi connectivity index (χ1) is 16.5. The van der Waals surface area contributed by atoms with Gasteiger partial charge in [0.15, 0.2) is 28.2 Å². The number of rotatable bonds is 10. The van der Waals surface area contributed by atoms with Gasteiger partial charge in [0.1, 0.15) is 6.61 Å². The molecule has 4 rings (SSSR count). The number of halogens is 2. The van der Waals surface area contributed by atoms with Gasteiger partial charge in [-0.25, -0.2) is 4.98 Å². The molecule has 2 heterocycles. The zero-order valence-electron chi connectivity index (χ0n) is 18.3. The second-order valence-electron chi connectivity index (χ2n) is 6.99. The standard InChI is InChI=1S/C23H21F2N3O5S/c1-30-18-8-9-26-17(21(18)32-12-14-6-4-3-5-7-14)13-34(29)23-27-15-10-19(31-2)20(33-22(24)25)11-16(15)28-23/h3-11,22H,12-13H2,1-2H3,(H,27,28). The summed E-state index contributed by atoms with van der Waals surface area (Å²) in [5.41, 5.74) is 2.14. The molecule has 1 unspecified atom stereocenters. The first kappa shape index (κ1) is 23.4. The third-order valence-corrected chi connectivity index (χ3v) is 5.99. The first-order valence-electron chi connectivity index (χ1n) is 10.1. The van der Waals surface area contributed by atoms with Crippen LogP contribution in [0.4, 0.5) is 8.78 Å². The van der Waals surface area contributed by atoms with Crippen LogP contribution >= 0.6 is 0 Å². The number of methoxy groups -OCH3 is 2. The minimum absolute atomic E-state index is 0.0152. The molecule has 0 radical (unpaired) electrons. The van der Waals surface area contributed by atoms with Crippen molar-refractivity contribution in [3.63, 3.8) is 0 Å². The molecule has 2 aromatic heterocycles. The summed E-state index contributed by atoms with van der Waals surface area (Å²) in [5, 5.41) is 0.143. The predicted octanol–water partition coefficient (Wildman–Crippen LogP) is 4.46. The van der Waals surface area contributed by atoms with Gasteiger partial charge in [0, 0.05) is 24.4 Å². The fraction of sp³-hybridized carbons (Fsp3) is 0.217. The molecule has 0 fully saturated rings. The van der Waals surface area contributed by atoms with Crippen LogP contribution in [-0.4, -0.2) is 40.0 Å². The molecule has 11 heteroatoms. The summed E-state index contributed by atoms with van der Waals surface area (Å²) in [7, 11) is 1.19. The van der Waals surface area contributed by atoms with E-state index in [4.69, 9.17) is 14.2 Å². The molecule has 2 aromatic carbocycles. The number of pyridine rings is 1. The molecule has 0 bridgehead atoms. The highest BCUT2D eigenvalue weighted by Gasteiger charge is 2.20. The Balaban J connectivity index is 1.59.